The molecule has 21 heavy (non-hydrogen) atoms. The Bertz CT molecular complexity index is 510. The highest BCUT2D eigenvalue weighted by atomic mass is 16.6. The molecule has 1 aromatic heterocycles. The van der Waals surface area contributed by atoms with Crippen LogP contribution in [0.3, 0.4) is 0 Å². The van der Waals surface area contributed by atoms with Gasteiger partial charge in [0, 0.05) is 37.4 Å². The summed E-state index contributed by atoms with van der Waals surface area (Å²) in [5.41, 5.74) is 0.771. The summed E-state index contributed by atoms with van der Waals surface area (Å²) in [5, 5.41) is 7.88. The Labute approximate surface area is 125 Å². The molecule has 2 aliphatic rings. The number of hydrogen-bond donors (Lipinski definition) is 1. The van der Waals surface area contributed by atoms with Crippen molar-refractivity contribution >= 4 is 6.09 Å². The first-order valence-corrected chi connectivity index (χ1v) is 7.65. The number of carbonyl (C=O) groups is 1. The van der Waals surface area contributed by atoms with Crippen molar-refractivity contribution in [1.82, 2.24) is 20.0 Å². The van der Waals surface area contributed by atoms with Crippen LogP contribution >= 0.6 is 0 Å². The van der Waals surface area contributed by atoms with Crippen molar-refractivity contribution in [1.29, 1.82) is 0 Å². The molecule has 0 spiro atoms. The van der Waals surface area contributed by atoms with E-state index in [2.05, 4.69) is 16.6 Å². The van der Waals surface area contributed by atoms with Crippen LogP contribution in [0.5, 0.6) is 0 Å². The van der Waals surface area contributed by atoms with Gasteiger partial charge >= 0.3 is 6.09 Å². The van der Waals surface area contributed by atoms with Gasteiger partial charge in [0.25, 0.3) is 0 Å². The number of rotatable bonds is 4. The zero-order valence-electron chi connectivity index (χ0n) is 13.0. The molecule has 0 radical (unpaired) electrons. The van der Waals surface area contributed by atoms with E-state index in [1.54, 1.807) is 4.90 Å². The summed E-state index contributed by atoms with van der Waals surface area (Å²) < 4.78 is 7.31. The zero-order chi connectivity index (χ0) is 15.0. The molecule has 0 bridgehead atoms. The van der Waals surface area contributed by atoms with E-state index >= 15 is 0 Å². The van der Waals surface area contributed by atoms with Gasteiger partial charge in [0.05, 0.1) is 12.2 Å². The van der Waals surface area contributed by atoms with E-state index in [1.165, 1.54) is 18.4 Å². The topological polar surface area (TPSA) is 59.4 Å². The number of likely N-dealkylation sites (tertiary alicyclic amines) is 1. The SMILES string of the molecule is CC(C)(C)OC(=O)N1CC(n2cc(CNC3CC3)cn2)C1. The first-order valence-electron chi connectivity index (χ1n) is 7.65. The van der Waals surface area contributed by atoms with Gasteiger partial charge in [0.15, 0.2) is 0 Å². The van der Waals surface area contributed by atoms with Crippen molar-refractivity contribution in [2.45, 2.75) is 57.8 Å². The van der Waals surface area contributed by atoms with E-state index in [9.17, 15) is 4.79 Å². The average Bonchev–Trinajstić information content (AvgIpc) is 3.02. The van der Waals surface area contributed by atoms with E-state index in [-0.39, 0.29) is 12.1 Å². The lowest BCUT2D eigenvalue weighted by molar-refractivity contribution is -0.000395. The first kappa shape index (κ1) is 14.4. The van der Waals surface area contributed by atoms with Crippen LogP contribution in [0.2, 0.25) is 0 Å². The molecule has 1 saturated carbocycles. The average molecular weight is 292 g/mol. The predicted molar refractivity (Wildman–Crippen MR) is 78.9 cm³/mol. The second-order valence-electron chi connectivity index (χ2n) is 7.02. The molecule has 0 aromatic carbocycles. The molecule has 0 atom stereocenters. The van der Waals surface area contributed by atoms with Gasteiger partial charge in [-0.05, 0) is 33.6 Å². The first-order chi connectivity index (χ1) is 9.90. The van der Waals surface area contributed by atoms with Crippen LogP contribution < -0.4 is 5.32 Å². The Morgan fingerprint density at radius 1 is 1.43 bits per heavy atom. The van der Waals surface area contributed by atoms with Crippen molar-refractivity contribution in [2.75, 3.05) is 13.1 Å². The van der Waals surface area contributed by atoms with Crippen molar-refractivity contribution < 1.29 is 9.53 Å². The highest BCUT2D eigenvalue weighted by Crippen LogP contribution is 2.24. The monoisotopic (exact) mass is 292 g/mol. The van der Waals surface area contributed by atoms with Crippen LogP contribution in [-0.4, -0.2) is 45.5 Å². The fourth-order valence-corrected chi connectivity index (χ4v) is 2.32. The Morgan fingerprint density at radius 2 is 2.14 bits per heavy atom. The van der Waals surface area contributed by atoms with Crippen molar-refractivity contribution in [2.24, 2.45) is 0 Å². The lowest BCUT2D eigenvalue weighted by atomic mass is 10.1. The van der Waals surface area contributed by atoms with Gasteiger partial charge < -0.3 is 15.0 Å². The third kappa shape index (κ3) is 3.75. The number of carbonyl (C=O) groups excluding carboxylic acids is 1. The van der Waals surface area contributed by atoms with Crippen molar-refractivity contribution in [3.8, 4) is 0 Å². The van der Waals surface area contributed by atoms with E-state index < -0.39 is 5.60 Å². The van der Waals surface area contributed by atoms with Crippen LogP contribution in [0.15, 0.2) is 12.4 Å². The minimum atomic E-state index is -0.435. The summed E-state index contributed by atoms with van der Waals surface area (Å²) in [6, 6.07) is 0.979. The quantitative estimate of drug-likeness (QED) is 0.921. The molecule has 3 rings (SSSR count). The van der Waals surface area contributed by atoms with Gasteiger partial charge in [-0.25, -0.2) is 4.79 Å². The Balaban J connectivity index is 1.46. The smallest absolute Gasteiger partial charge is 0.410 e. The Morgan fingerprint density at radius 3 is 2.76 bits per heavy atom. The molecule has 0 unspecified atom stereocenters. The maximum Gasteiger partial charge on any atom is 0.410 e. The Kier molecular flexibility index (Phi) is 3.65. The number of nitrogens with zero attached hydrogens (tertiary/aromatic N) is 3. The Hall–Kier alpha value is -1.56. The molecule has 1 aliphatic carbocycles. The molecule has 2 fully saturated rings. The third-order valence-corrected chi connectivity index (χ3v) is 3.72. The van der Waals surface area contributed by atoms with Gasteiger partial charge in [0.2, 0.25) is 0 Å². The van der Waals surface area contributed by atoms with Crippen LogP contribution in [0, 0.1) is 0 Å². The molecule has 6 heteroatoms. The molecule has 1 saturated heterocycles. The summed E-state index contributed by atoms with van der Waals surface area (Å²) in [7, 11) is 0. The fourth-order valence-electron chi connectivity index (χ4n) is 2.32. The largest absolute Gasteiger partial charge is 0.444 e. The molecule has 2 heterocycles. The summed E-state index contributed by atoms with van der Waals surface area (Å²) >= 11 is 0. The van der Waals surface area contributed by atoms with Crippen LogP contribution in [0.4, 0.5) is 4.79 Å². The summed E-state index contributed by atoms with van der Waals surface area (Å²) in [4.78, 5) is 13.6. The molecule has 116 valence electrons. The standard InChI is InChI=1S/C15H24N4O2/c1-15(2,3)21-14(20)18-9-13(10-18)19-8-11(7-17-19)6-16-12-4-5-12/h7-8,12-13,16H,4-6,9-10H2,1-3H3. The lowest BCUT2D eigenvalue weighted by Gasteiger charge is -2.39. The molecule has 1 amide bonds. The predicted octanol–water partition coefficient (Wildman–Crippen LogP) is 1.93. The number of nitrogens with one attached hydrogen (secondary N) is 1. The highest BCUT2D eigenvalue weighted by molar-refractivity contribution is 5.69. The lowest BCUT2D eigenvalue weighted by Crippen LogP contribution is -2.52. The van der Waals surface area contributed by atoms with E-state index in [4.69, 9.17) is 4.74 Å². The van der Waals surface area contributed by atoms with E-state index in [0.29, 0.717) is 19.1 Å². The van der Waals surface area contributed by atoms with Gasteiger partial charge in [-0.15, -0.1) is 0 Å². The fraction of sp³-hybridized carbons (Fsp3) is 0.733. The summed E-state index contributed by atoms with van der Waals surface area (Å²) in [5.74, 6) is 0. The van der Waals surface area contributed by atoms with Crippen molar-refractivity contribution in [3.05, 3.63) is 18.0 Å². The molecule has 1 aliphatic heterocycles. The third-order valence-electron chi connectivity index (χ3n) is 3.72. The second kappa shape index (κ2) is 5.33. The van der Waals surface area contributed by atoms with E-state index in [0.717, 1.165) is 6.54 Å². The highest BCUT2D eigenvalue weighted by Gasteiger charge is 2.35. The van der Waals surface area contributed by atoms with Gasteiger partial charge in [0.1, 0.15) is 5.60 Å². The molecular weight excluding hydrogens is 268 g/mol. The maximum absolute atomic E-state index is 11.9. The molecule has 6 nitrogen and oxygen atoms in total. The van der Waals surface area contributed by atoms with Crippen LogP contribution in [0.1, 0.15) is 45.2 Å². The van der Waals surface area contributed by atoms with Crippen LogP contribution in [0.25, 0.3) is 0 Å². The van der Waals surface area contributed by atoms with E-state index in [1.807, 2.05) is 31.6 Å². The number of hydrogen-bond acceptors (Lipinski definition) is 4. The van der Waals surface area contributed by atoms with Gasteiger partial charge in [-0.2, -0.15) is 5.10 Å². The maximum atomic E-state index is 11.9. The van der Waals surface area contributed by atoms with Crippen LogP contribution in [-0.2, 0) is 11.3 Å². The second-order valence-corrected chi connectivity index (χ2v) is 7.02. The summed E-state index contributed by atoms with van der Waals surface area (Å²) in [6.07, 6.45) is 6.34. The molecular formula is C15H24N4O2. The minimum absolute atomic E-state index is 0.235. The number of ether oxygens (including phenoxy) is 1. The summed E-state index contributed by atoms with van der Waals surface area (Å²) in [6.45, 7) is 7.88. The number of aromatic nitrogens is 2. The minimum Gasteiger partial charge on any atom is -0.444 e. The van der Waals surface area contributed by atoms with Gasteiger partial charge in [-0.1, -0.05) is 0 Å². The van der Waals surface area contributed by atoms with Crippen molar-refractivity contribution in [3.63, 3.8) is 0 Å². The normalized spacial score (nSPS) is 19.5. The van der Waals surface area contributed by atoms with Gasteiger partial charge in [-0.3, -0.25) is 4.68 Å². The molecule has 1 N–H and O–H groups in total. The zero-order valence-corrected chi connectivity index (χ0v) is 13.0. The number of amides is 1. The molecule has 1 aromatic rings.